The van der Waals surface area contributed by atoms with Gasteiger partial charge in [0.15, 0.2) is 0 Å². The highest BCUT2D eigenvalue weighted by Crippen LogP contribution is 2.45. The van der Waals surface area contributed by atoms with Gasteiger partial charge in [-0.2, -0.15) is 0 Å². The van der Waals surface area contributed by atoms with Crippen molar-refractivity contribution in [3.8, 4) is 0 Å². The summed E-state index contributed by atoms with van der Waals surface area (Å²) in [5.74, 6) is -0.402. The molecule has 0 aromatic rings. The van der Waals surface area contributed by atoms with Crippen LogP contribution in [0.15, 0.2) is 0 Å². The van der Waals surface area contributed by atoms with Crippen LogP contribution in [0, 0.1) is 0 Å². The molecule has 78 valence electrons. The topological polar surface area (TPSA) is 0 Å². The average Bonchev–Trinajstić information content (AvgIpc) is 2.18. The van der Waals surface area contributed by atoms with Crippen LogP contribution in [-0.4, -0.2) is 13.9 Å². The maximum absolute atomic E-state index is 14.0. The third-order valence-corrected chi connectivity index (χ3v) is 10.7. The Hall–Kier alpha value is 0.147. The van der Waals surface area contributed by atoms with Crippen molar-refractivity contribution in [3.63, 3.8) is 0 Å². The summed E-state index contributed by atoms with van der Waals surface area (Å²) in [5.41, 5.74) is 0.770. The second kappa shape index (κ2) is 4.58. The maximum atomic E-state index is 14.0. The Morgan fingerprint density at radius 3 is 2.15 bits per heavy atom. The minimum absolute atomic E-state index is 0.402. The van der Waals surface area contributed by atoms with Crippen molar-refractivity contribution in [1.29, 1.82) is 0 Å². The van der Waals surface area contributed by atoms with E-state index in [-0.39, 0.29) is 0 Å². The molecule has 1 aliphatic rings. The Labute approximate surface area is 82.9 Å². The highest BCUT2D eigenvalue weighted by molar-refractivity contribution is 6.82. The zero-order chi connectivity index (χ0) is 9.90. The minimum atomic E-state index is -1.53. The normalized spacial score (nSPS) is 33.2. The van der Waals surface area contributed by atoms with Gasteiger partial charge < -0.3 is 0 Å². The molecule has 0 saturated carbocycles. The van der Waals surface area contributed by atoms with E-state index in [9.17, 15) is 4.39 Å². The van der Waals surface area contributed by atoms with Crippen molar-refractivity contribution in [3.05, 3.63) is 0 Å². The Kier molecular flexibility index (Phi) is 3.96. The minimum Gasteiger partial charge on any atom is -0.251 e. The van der Waals surface area contributed by atoms with E-state index in [4.69, 9.17) is 0 Å². The van der Waals surface area contributed by atoms with Crippen LogP contribution in [0.3, 0.4) is 0 Å². The standard InChI is InChI=1S/C11H23FSi/c1-4-10-8-7-9-11(12)13(10,5-2)6-3/h10-11H,4-9H2,1-3H3. The molecule has 0 N–H and O–H groups in total. The van der Waals surface area contributed by atoms with Crippen LogP contribution in [0.2, 0.25) is 17.6 Å². The van der Waals surface area contributed by atoms with Gasteiger partial charge in [-0.15, -0.1) is 0 Å². The van der Waals surface area contributed by atoms with E-state index in [0.717, 1.165) is 30.5 Å². The van der Waals surface area contributed by atoms with Crippen LogP contribution in [0.1, 0.15) is 46.5 Å². The smallest absolute Gasteiger partial charge is 0.0969 e. The molecular weight excluding hydrogens is 179 g/mol. The Morgan fingerprint density at radius 2 is 1.77 bits per heavy atom. The van der Waals surface area contributed by atoms with E-state index in [1.165, 1.54) is 12.8 Å². The number of rotatable bonds is 3. The maximum Gasteiger partial charge on any atom is 0.0969 e. The van der Waals surface area contributed by atoms with Crippen molar-refractivity contribution < 1.29 is 4.39 Å². The zero-order valence-corrected chi connectivity index (χ0v) is 10.3. The Bertz CT molecular complexity index is 154. The summed E-state index contributed by atoms with van der Waals surface area (Å²) in [6, 6.07) is 2.31. The summed E-state index contributed by atoms with van der Waals surface area (Å²) in [7, 11) is -1.53. The largest absolute Gasteiger partial charge is 0.251 e. The lowest BCUT2D eigenvalue weighted by Gasteiger charge is -2.43. The van der Waals surface area contributed by atoms with Crippen molar-refractivity contribution in [2.75, 3.05) is 0 Å². The van der Waals surface area contributed by atoms with Crippen molar-refractivity contribution in [2.24, 2.45) is 0 Å². The fraction of sp³-hybridized carbons (Fsp3) is 1.00. The molecule has 1 fully saturated rings. The molecule has 0 aliphatic carbocycles. The molecule has 0 amide bonds. The molecule has 0 aromatic heterocycles. The summed E-state index contributed by atoms with van der Waals surface area (Å²) >= 11 is 0. The monoisotopic (exact) mass is 202 g/mol. The first-order valence-electron chi connectivity index (χ1n) is 5.85. The molecule has 2 atom stereocenters. The number of hydrogen-bond acceptors (Lipinski definition) is 0. The number of hydrogen-bond donors (Lipinski definition) is 0. The summed E-state index contributed by atoms with van der Waals surface area (Å²) < 4.78 is 14.0. The molecule has 0 nitrogen and oxygen atoms in total. The predicted molar refractivity (Wildman–Crippen MR) is 59.5 cm³/mol. The quantitative estimate of drug-likeness (QED) is 0.598. The van der Waals surface area contributed by atoms with Gasteiger partial charge in [0.05, 0.1) is 13.9 Å². The van der Waals surface area contributed by atoms with Gasteiger partial charge in [0.25, 0.3) is 0 Å². The summed E-state index contributed by atoms with van der Waals surface area (Å²) in [6.07, 6.45) is 4.53. The molecule has 1 rings (SSSR count). The van der Waals surface area contributed by atoms with Gasteiger partial charge in [-0.25, -0.2) is 0 Å². The van der Waals surface area contributed by atoms with E-state index in [1.54, 1.807) is 0 Å². The van der Waals surface area contributed by atoms with E-state index < -0.39 is 13.9 Å². The number of alkyl halides is 1. The molecule has 1 heterocycles. The molecule has 0 radical (unpaired) electrons. The highest BCUT2D eigenvalue weighted by Gasteiger charge is 2.46. The third-order valence-electron chi connectivity index (χ3n) is 4.26. The van der Waals surface area contributed by atoms with Gasteiger partial charge in [-0.3, -0.25) is 4.39 Å². The SMILES string of the molecule is CCC1CCCC(F)[Si]1(CC)CC. The van der Waals surface area contributed by atoms with Crippen molar-refractivity contribution in [2.45, 2.75) is 69.9 Å². The lowest BCUT2D eigenvalue weighted by Crippen LogP contribution is -2.50. The molecule has 2 heteroatoms. The first-order chi connectivity index (χ1) is 6.21. The van der Waals surface area contributed by atoms with Gasteiger partial charge in [0.2, 0.25) is 0 Å². The van der Waals surface area contributed by atoms with Gasteiger partial charge in [-0.1, -0.05) is 52.1 Å². The Balaban J connectivity index is 2.81. The van der Waals surface area contributed by atoms with Gasteiger partial charge in [0.1, 0.15) is 0 Å². The molecular formula is C11H23FSi. The summed E-state index contributed by atoms with van der Waals surface area (Å²) in [4.78, 5) is 0. The second-order valence-corrected chi connectivity index (χ2v) is 9.77. The van der Waals surface area contributed by atoms with Gasteiger partial charge in [-0.05, 0) is 12.0 Å². The van der Waals surface area contributed by atoms with E-state index >= 15 is 0 Å². The average molecular weight is 202 g/mol. The van der Waals surface area contributed by atoms with E-state index in [0.29, 0.717) is 0 Å². The lowest BCUT2D eigenvalue weighted by atomic mass is 10.1. The van der Waals surface area contributed by atoms with Crippen LogP contribution in [0.5, 0.6) is 0 Å². The van der Waals surface area contributed by atoms with Gasteiger partial charge in [0, 0.05) is 0 Å². The summed E-state index contributed by atoms with van der Waals surface area (Å²) in [6.45, 7) is 6.68. The summed E-state index contributed by atoms with van der Waals surface area (Å²) in [5, 5.41) is 0. The lowest BCUT2D eigenvalue weighted by molar-refractivity contribution is 0.351. The molecule has 1 aliphatic heterocycles. The Morgan fingerprint density at radius 1 is 1.15 bits per heavy atom. The van der Waals surface area contributed by atoms with Gasteiger partial charge >= 0.3 is 0 Å². The van der Waals surface area contributed by atoms with Crippen LogP contribution < -0.4 is 0 Å². The van der Waals surface area contributed by atoms with E-state index in [1.807, 2.05) is 0 Å². The number of halogens is 1. The fourth-order valence-corrected chi connectivity index (χ4v) is 8.68. The molecule has 1 saturated heterocycles. The van der Waals surface area contributed by atoms with Crippen LogP contribution in [-0.2, 0) is 0 Å². The molecule has 0 bridgehead atoms. The van der Waals surface area contributed by atoms with E-state index in [2.05, 4.69) is 20.8 Å². The van der Waals surface area contributed by atoms with Crippen molar-refractivity contribution in [1.82, 2.24) is 0 Å². The zero-order valence-electron chi connectivity index (χ0n) is 9.28. The highest BCUT2D eigenvalue weighted by atomic mass is 28.3. The van der Waals surface area contributed by atoms with Crippen LogP contribution >= 0.6 is 0 Å². The third kappa shape index (κ3) is 1.83. The molecule has 0 aromatic carbocycles. The van der Waals surface area contributed by atoms with Crippen LogP contribution in [0.4, 0.5) is 4.39 Å². The van der Waals surface area contributed by atoms with Crippen LogP contribution in [0.25, 0.3) is 0 Å². The van der Waals surface area contributed by atoms with Crippen molar-refractivity contribution >= 4 is 8.07 Å². The molecule has 0 spiro atoms. The first kappa shape index (κ1) is 11.2. The second-order valence-electron chi connectivity index (χ2n) is 4.44. The fourth-order valence-electron chi connectivity index (χ4n) is 3.26. The first-order valence-corrected chi connectivity index (χ1v) is 8.42. The predicted octanol–water partition coefficient (Wildman–Crippen LogP) is 4.32. The molecule has 2 unspecified atom stereocenters. The molecule has 13 heavy (non-hydrogen) atoms.